The summed E-state index contributed by atoms with van der Waals surface area (Å²) in [6.07, 6.45) is 0.548. The number of halogens is 1. The van der Waals surface area contributed by atoms with E-state index in [9.17, 15) is 13.2 Å². The number of hydrogen-bond acceptors (Lipinski definition) is 4. The molecule has 0 saturated carbocycles. The quantitative estimate of drug-likeness (QED) is 0.496. The standard InChI is InChI=1S/C22H21BrN2O4S/c1-29-20-12-7-17(22(26)25-19-10-8-18(23)9-11-19)15-21(20)30(27,28)24-14-13-16-5-3-2-4-6-16/h2-12,15,24H,13-14H2,1H3,(H,25,26). The van der Waals surface area contributed by atoms with Crippen LogP contribution in [0.2, 0.25) is 0 Å². The van der Waals surface area contributed by atoms with Crippen molar-refractivity contribution in [3.05, 3.63) is 88.4 Å². The number of rotatable bonds is 8. The molecular weight excluding hydrogens is 468 g/mol. The van der Waals surface area contributed by atoms with Gasteiger partial charge in [0.15, 0.2) is 0 Å². The number of amides is 1. The Morgan fingerprint density at radius 1 is 1.00 bits per heavy atom. The maximum atomic E-state index is 12.8. The van der Waals surface area contributed by atoms with E-state index < -0.39 is 15.9 Å². The molecule has 2 N–H and O–H groups in total. The average Bonchev–Trinajstić information content (AvgIpc) is 2.75. The molecule has 0 spiro atoms. The molecule has 3 aromatic rings. The Morgan fingerprint density at radius 3 is 2.37 bits per heavy atom. The fraction of sp³-hybridized carbons (Fsp3) is 0.136. The van der Waals surface area contributed by atoms with Crippen LogP contribution in [-0.4, -0.2) is 28.0 Å². The Morgan fingerprint density at radius 2 is 1.70 bits per heavy atom. The number of carbonyl (C=O) groups is 1. The van der Waals surface area contributed by atoms with E-state index >= 15 is 0 Å². The van der Waals surface area contributed by atoms with Crippen LogP contribution in [0, 0.1) is 0 Å². The normalized spacial score (nSPS) is 11.1. The number of carbonyl (C=O) groups excluding carboxylic acids is 1. The minimum Gasteiger partial charge on any atom is -0.495 e. The van der Waals surface area contributed by atoms with Gasteiger partial charge in [-0.25, -0.2) is 13.1 Å². The van der Waals surface area contributed by atoms with Gasteiger partial charge in [-0.2, -0.15) is 0 Å². The summed E-state index contributed by atoms with van der Waals surface area (Å²) >= 11 is 3.34. The van der Waals surface area contributed by atoms with Crippen molar-refractivity contribution >= 4 is 37.5 Å². The Hall–Kier alpha value is -2.68. The first-order valence-corrected chi connectivity index (χ1v) is 11.5. The molecule has 0 saturated heterocycles. The number of sulfonamides is 1. The van der Waals surface area contributed by atoms with E-state index in [1.165, 1.54) is 25.3 Å². The minimum atomic E-state index is -3.87. The molecule has 0 aromatic heterocycles. The van der Waals surface area contributed by atoms with Gasteiger partial charge in [-0.3, -0.25) is 4.79 Å². The van der Waals surface area contributed by atoms with Crippen molar-refractivity contribution in [2.45, 2.75) is 11.3 Å². The van der Waals surface area contributed by atoms with Crippen molar-refractivity contribution in [2.75, 3.05) is 19.0 Å². The summed E-state index contributed by atoms with van der Waals surface area (Å²) in [5.74, 6) is -0.247. The highest BCUT2D eigenvalue weighted by atomic mass is 79.9. The lowest BCUT2D eigenvalue weighted by Crippen LogP contribution is -2.27. The lowest BCUT2D eigenvalue weighted by molar-refractivity contribution is 0.102. The van der Waals surface area contributed by atoms with Crippen LogP contribution in [-0.2, 0) is 16.4 Å². The van der Waals surface area contributed by atoms with Crippen molar-refractivity contribution in [3.8, 4) is 5.75 Å². The number of anilines is 1. The van der Waals surface area contributed by atoms with Gasteiger partial charge >= 0.3 is 0 Å². The lowest BCUT2D eigenvalue weighted by Gasteiger charge is -2.13. The Labute approximate surface area is 184 Å². The molecule has 3 aromatic carbocycles. The number of nitrogens with one attached hydrogen (secondary N) is 2. The molecule has 6 nitrogen and oxygen atoms in total. The summed E-state index contributed by atoms with van der Waals surface area (Å²) in [5.41, 5.74) is 1.83. The van der Waals surface area contributed by atoms with E-state index in [0.29, 0.717) is 12.1 Å². The first kappa shape index (κ1) is 22.0. The Bertz CT molecular complexity index is 1120. The molecule has 0 radical (unpaired) electrons. The van der Waals surface area contributed by atoms with Crippen LogP contribution in [0.4, 0.5) is 5.69 Å². The summed E-state index contributed by atoms with van der Waals surface area (Å²) < 4.78 is 34.4. The van der Waals surface area contributed by atoms with E-state index in [1.807, 2.05) is 30.3 Å². The van der Waals surface area contributed by atoms with Gasteiger partial charge in [0.1, 0.15) is 10.6 Å². The van der Waals surface area contributed by atoms with Gasteiger partial charge < -0.3 is 10.1 Å². The van der Waals surface area contributed by atoms with Crippen LogP contribution in [0.25, 0.3) is 0 Å². The second kappa shape index (κ2) is 9.88. The predicted molar refractivity (Wildman–Crippen MR) is 120 cm³/mol. The minimum absolute atomic E-state index is 0.0819. The molecule has 0 aliphatic heterocycles. The molecule has 0 fully saturated rings. The SMILES string of the molecule is COc1ccc(C(=O)Nc2ccc(Br)cc2)cc1S(=O)(=O)NCCc1ccccc1. The third-order valence-electron chi connectivity index (χ3n) is 4.37. The van der Waals surface area contributed by atoms with E-state index in [2.05, 4.69) is 26.0 Å². The van der Waals surface area contributed by atoms with Crippen LogP contribution in [0.5, 0.6) is 5.75 Å². The number of ether oxygens (including phenoxy) is 1. The molecule has 8 heteroatoms. The maximum Gasteiger partial charge on any atom is 0.255 e. The second-order valence-corrected chi connectivity index (χ2v) is 9.11. The van der Waals surface area contributed by atoms with Gasteiger partial charge in [0.25, 0.3) is 5.91 Å². The van der Waals surface area contributed by atoms with Crippen LogP contribution in [0.3, 0.4) is 0 Å². The fourth-order valence-corrected chi connectivity index (χ4v) is 4.31. The topological polar surface area (TPSA) is 84.5 Å². The molecule has 0 bridgehead atoms. The fourth-order valence-electron chi connectivity index (χ4n) is 2.82. The summed E-state index contributed by atoms with van der Waals surface area (Å²) in [6.45, 7) is 0.227. The average molecular weight is 489 g/mol. The molecule has 0 aliphatic carbocycles. The molecule has 156 valence electrons. The zero-order valence-electron chi connectivity index (χ0n) is 16.3. The highest BCUT2D eigenvalue weighted by molar-refractivity contribution is 9.10. The summed E-state index contributed by atoms with van der Waals surface area (Å²) in [6, 6.07) is 21.0. The molecule has 3 rings (SSSR count). The van der Waals surface area contributed by atoms with Crippen molar-refractivity contribution < 1.29 is 17.9 Å². The third kappa shape index (κ3) is 5.69. The van der Waals surface area contributed by atoms with Gasteiger partial charge in [-0.1, -0.05) is 46.3 Å². The van der Waals surface area contributed by atoms with Gasteiger partial charge in [0, 0.05) is 22.3 Å². The Kier molecular flexibility index (Phi) is 7.25. The molecule has 0 heterocycles. The van der Waals surface area contributed by atoms with Crippen molar-refractivity contribution in [2.24, 2.45) is 0 Å². The van der Waals surface area contributed by atoms with Crippen molar-refractivity contribution in [1.82, 2.24) is 4.72 Å². The molecule has 0 unspecified atom stereocenters. The van der Waals surface area contributed by atoms with Gasteiger partial charge in [-0.05, 0) is 54.4 Å². The smallest absolute Gasteiger partial charge is 0.255 e. The van der Waals surface area contributed by atoms with E-state index in [4.69, 9.17) is 4.74 Å². The van der Waals surface area contributed by atoms with Crippen molar-refractivity contribution in [1.29, 1.82) is 0 Å². The van der Waals surface area contributed by atoms with Crippen LogP contribution in [0.1, 0.15) is 15.9 Å². The predicted octanol–water partition coefficient (Wildman–Crippen LogP) is 4.23. The van der Waals surface area contributed by atoms with Crippen LogP contribution < -0.4 is 14.8 Å². The number of benzene rings is 3. The molecular formula is C22H21BrN2O4S. The van der Waals surface area contributed by atoms with Crippen molar-refractivity contribution in [3.63, 3.8) is 0 Å². The zero-order chi connectivity index (χ0) is 21.6. The highest BCUT2D eigenvalue weighted by Crippen LogP contribution is 2.25. The summed E-state index contributed by atoms with van der Waals surface area (Å²) in [7, 11) is -2.48. The van der Waals surface area contributed by atoms with Crippen LogP contribution in [0.15, 0.2) is 82.2 Å². The molecule has 1 amide bonds. The number of methoxy groups -OCH3 is 1. The summed E-state index contributed by atoms with van der Waals surface area (Å²) in [5, 5.41) is 2.75. The first-order chi connectivity index (χ1) is 14.4. The highest BCUT2D eigenvalue weighted by Gasteiger charge is 2.21. The molecule has 30 heavy (non-hydrogen) atoms. The Balaban J connectivity index is 1.77. The van der Waals surface area contributed by atoms with Gasteiger partial charge in [0.2, 0.25) is 10.0 Å². The zero-order valence-corrected chi connectivity index (χ0v) is 18.7. The van der Waals surface area contributed by atoms with E-state index in [1.54, 1.807) is 24.3 Å². The van der Waals surface area contributed by atoms with Crippen LogP contribution >= 0.6 is 15.9 Å². The third-order valence-corrected chi connectivity index (χ3v) is 6.38. The monoisotopic (exact) mass is 488 g/mol. The second-order valence-electron chi connectivity index (χ2n) is 6.46. The van der Waals surface area contributed by atoms with E-state index in [-0.39, 0.29) is 22.8 Å². The maximum absolute atomic E-state index is 12.8. The molecule has 0 aliphatic rings. The van der Waals surface area contributed by atoms with Gasteiger partial charge in [0.05, 0.1) is 7.11 Å². The largest absolute Gasteiger partial charge is 0.495 e. The number of hydrogen-bond donors (Lipinski definition) is 2. The van der Waals surface area contributed by atoms with E-state index in [0.717, 1.165) is 10.0 Å². The first-order valence-electron chi connectivity index (χ1n) is 9.17. The molecule has 0 atom stereocenters. The summed E-state index contributed by atoms with van der Waals surface area (Å²) in [4.78, 5) is 12.5. The lowest BCUT2D eigenvalue weighted by atomic mass is 10.2. The van der Waals surface area contributed by atoms with Gasteiger partial charge in [-0.15, -0.1) is 0 Å².